The molecule has 5 heteroatoms. The lowest BCUT2D eigenvalue weighted by molar-refractivity contribution is -0.139. The smallest absolute Gasteiger partial charge is 0.263 e. The van der Waals surface area contributed by atoms with Gasteiger partial charge >= 0.3 is 0 Å². The molecule has 4 nitrogen and oxygen atoms in total. The van der Waals surface area contributed by atoms with Gasteiger partial charge in [-0.15, -0.1) is 0 Å². The number of aryl methyl sites for hydroxylation is 2. The van der Waals surface area contributed by atoms with Crippen LogP contribution in [0.1, 0.15) is 37.3 Å². The molecule has 0 N–H and O–H groups in total. The van der Waals surface area contributed by atoms with Gasteiger partial charge in [0.25, 0.3) is 5.91 Å². The highest BCUT2D eigenvalue weighted by molar-refractivity contribution is 5.81. The van der Waals surface area contributed by atoms with E-state index in [1.165, 1.54) is 36.1 Å². The molecule has 1 atom stereocenters. The average Bonchev–Trinajstić information content (AvgIpc) is 2.77. The van der Waals surface area contributed by atoms with Gasteiger partial charge in [0, 0.05) is 31.9 Å². The molecule has 154 valence electrons. The normalized spacial score (nSPS) is 17.6. The molecule has 1 fully saturated rings. The number of amides is 1. The van der Waals surface area contributed by atoms with Crippen molar-refractivity contribution in [3.63, 3.8) is 0 Å². The number of carbonyl (C=O) groups excluding carboxylic acids is 1. The summed E-state index contributed by atoms with van der Waals surface area (Å²) in [6.07, 6.45) is 4.92. The minimum Gasteiger partial charge on any atom is -0.481 e. The molecule has 0 radical (unpaired) electrons. The molecule has 0 saturated carbocycles. The first-order valence-corrected chi connectivity index (χ1v) is 10.7. The Bertz CT molecular complexity index is 844. The maximum atomic E-state index is 13.1. The average molecular weight is 397 g/mol. The zero-order valence-electron chi connectivity index (χ0n) is 17.1. The molecular formula is C24H29FN2O2. The van der Waals surface area contributed by atoms with Crippen molar-refractivity contribution in [3.05, 3.63) is 59.4 Å². The monoisotopic (exact) mass is 396 g/mol. The van der Waals surface area contributed by atoms with Gasteiger partial charge in [-0.25, -0.2) is 4.39 Å². The summed E-state index contributed by atoms with van der Waals surface area (Å²) in [5.41, 5.74) is 3.78. The van der Waals surface area contributed by atoms with Crippen molar-refractivity contribution in [2.75, 3.05) is 31.1 Å². The van der Waals surface area contributed by atoms with Gasteiger partial charge in [0.15, 0.2) is 6.10 Å². The summed E-state index contributed by atoms with van der Waals surface area (Å²) in [5, 5.41) is 0. The molecule has 2 aromatic carbocycles. The second-order valence-corrected chi connectivity index (χ2v) is 7.94. The van der Waals surface area contributed by atoms with Crippen LogP contribution >= 0.6 is 0 Å². The second-order valence-electron chi connectivity index (χ2n) is 7.94. The van der Waals surface area contributed by atoms with E-state index in [2.05, 4.69) is 17.0 Å². The van der Waals surface area contributed by atoms with Crippen LogP contribution in [0.5, 0.6) is 5.75 Å². The molecule has 4 rings (SSSR count). The van der Waals surface area contributed by atoms with E-state index >= 15 is 0 Å². The zero-order valence-corrected chi connectivity index (χ0v) is 17.1. The van der Waals surface area contributed by atoms with Crippen molar-refractivity contribution in [1.29, 1.82) is 0 Å². The van der Waals surface area contributed by atoms with Gasteiger partial charge in [-0.2, -0.15) is 0 Å². The molecule has 0 aromatic heterocycles. The van der Waals surface area contributed by atoms with E-state index in [-0.39, 0.29) is 11.7 Å². The third-order valence-corrected chi connectivity index (χ3v) is 6.03. The number of rotatable bonds is 5. The number of fused-ring (bicyclic) bond motifs is 1. The van der Waals surface area contributed by atoms with E-state index in [4.69, 9.17) is 4.74 Å². The lowest BCUT2D eigenvalue weighted by Crippen LogP contribution is -2.52. The topological polar surface area (TPSA) is 32.8 Å². The van der Waals surface area contributed by atoms with Crippen LogP contribution in [0.3, 0.4) is 0 Å². The first-order chi connectivity index (χ1) is 14.1. The van der Waals surface area contributed by atoms with Crippen molar-refractivity contribution in [2.24, 2.45) is 0 Å². The lowest BCUT2D eigenvalue weighted by atomic mass is 9.92. The summed E-state index contributed by atoms with van der Waals surface area (Å²) >= 11 is 0. The summed E-state index contributed by atoms with van der Waals surface area (Å²) in [6, 6.07) is 12.8. The SMILES string of the molecule is CCC(Oc1ccc2c(c1)CCCC2)C(=O)N1CCN(c2ccc(F)cc2)CC1. The van der Waals surface area contributed by atoms with Crippen molar-refractivity contribution >= 4 is 11.6 Å². The number of piperazine rings is 1. The van der Waals surface area contributed by atoms with E-state index in [9.17, 15) is 9.18 Å². The molecule has 1 heterocycles. The fraction of sp³-hybridized carbons (Fsp3) is 0.458. The largest absolute Gasteiger partial charge is 0.481 e. The van der Waals surface area contributed by atoms with Crippen molar-refractivity contribution in [1.82, 2.24) is 4.90 Å². The number of hydrogen-bond donors (Lipinski definition) is 0. The molecule has 0 spiro atoms. The molecule has 1 saturated heterocycles. The number of ether oxygens (including phenoxy) is 1. The molecule has 1 aliphatic carbocycles. The van der Waals surface area contributed by atoms with Crippen molar-refractivity contribution < 1.29 is 13.9 Å². The number of hydrogen-bond acceptors (Lipinski definition) is 3. The molecule has 1 unspecified atom stereocenters. The van der Waals surface area contributed by atoms with Crippen LogP contribution in [0.25, 0.3) is 0 Å². The van der Waals surface area contributed by atoms with Crippen molar-refractivity contribution in [3.8, 4) is 5.75 Å². The Morgan fingerprint density at radius 1 is 1.00 bits per heavy atom. The molecule has 1 aliphatic heterocycles. The van der Waals surface area contributed by atoms with Crippen LogP contribution in [0.4, 0.5) is 10.1 Å². The lowest BCUT2D eigenvalue weighted by Gasteiger charge is -2.37. The van der Waals surface area contributed by atoms with Crippen molar-refractivity contribution in [2.45, 2.75) is 45.1 Å². The Hall–Kier alpha value is -2.56. The molecule has 29 heavy (non-hydrogen) atoms. The first kappa shape index (κ1) is 19.7. The summed E-state index contributed by atoms with van der Waals surface area (Å²) in [7, 11) is 0. The predicted octanol–water partition coefficient (Wildman–Crippen LogP) is 4.21. The third-order valence-electron chi connectivity index (χ3n) is 6.03. The highest BCUT2D eigenvalue weighted by atomic mass is 19.1. The van der Waals surface area contributed by atoms with Gasteiger partial charge in [-0.1, -0.05) is 13.0 Å². The van der Waals surface area contributed by atoms with Crippen LogP contribution in [0.15, 0.2) is 42.5 Å². The summed E-state index contributed by atoms with van der Waals surface area (Å²) in [6.45, 7) is 4.79. The quantitative estimate of drug-likeness (QED) is 0.759. The third kappa shape index (κ3) is 4.55. The van der Waals surface area contributed by atoms with E-state index < -0.39 is 6.10 Å². The van der Waals surface area contributed by atoms with Crippen LogP contribution in [-0.4, -0.2) is 43.1 Å². The van der Waals surface area contributed by atoms with Gasteiger partial charge in [0.2, 0.25) is 0 Å². The summed E-state index contributed by atoms with van der Waals surface area (Å²) in [4.78, 5) is 17.1. The summed E-state index contributed by atoms with van der Waals surface area (Å²) in [5.74, 6) is 0.632. The van der Waals surface area contributed by atoms with Gasteiger partial charge in [0.05, 0.1) is 0 Å². The molecule has 2 aromatic rings. The highest BCUT2D eigenvalue weighted by Gasteiger charge is 2.28. The van der Waals surface area contributed by atoms with Crippen LogP contribution < -0.4 is 9.64 Å². The second kappa shape index (κ2) is 8.85. The van der Waals surface area contributed by atoms with Gasteiger partial charge < -0.3 is 14.5 Å². The predicted molar refractivity (Wildman–Crippen MR) is 113 cm³/mol. The van der Waals surface area contributed by atoms with E-state index in [0.717, 1.165) is 37.4 Å². The van der Waals surface area contributed by atoms with Gasteiger partial charge in [-0.05, 0) is 79.6 Å². The van der Waals surface area contributed by atoms with E-state index in [1.807, 2.05) is 17.9 Å². The zero-order chi connectivity index (χ0) is 20.2. The molecule has 0 bridgehead atoms. The Kier molecular flexibility index (Phi) is 6.02. The Balaban J connectivity index is 1.36. The minimum absolute atomic E-state index is 0.0592. The van der Waals surface area contributed by atoms with E-state index in [1.54, 1.807) is 12.1 Å². The van der Waals surface area contributed by atoms with Gasteiger partial charge in [0.1, 0.15) is 11.6 Å². The Labute approximate surface area is 172 Å². The fourth-order valence-electron chi connectivity index (χ4n) is 4.30. The van der Waals surface area contributed by atoms with E-state index in [0.29, 0.717) is 19.5 Å². The Morgan fingerprint density at radius 3 is 2.38 bits per heavy atom. The Morgan fingerprint density at radius 2 is 1.69 bits per heavy atom. The maximum absolute atomic E-state index is 13.1. The number of benzene rings is 2. The molecular weight excluding hydrogens is 367 g/mol. The standard InChI is InChI=1S/C24H29FN2O2/c1-2-23(29-22-12-7-18-5-3-4-6-19(18)17-22)24(28)27-15-13-26(14-16-27)21-10-8-20(25)9-11-21/h7-12,17,23H,2-6,13-16H2,1H3. The molecule has 2 aliphatic rings. The summed E-state index contributed by atoms with van der Waals surface area (Å²) < 4.78 is 19.3. The fourth-order valence-corrected chi connectivity index (χ4v) is 4.30. The molecule has 1 amide bonds. The van der Waals surface area contributed by atoms with Crippen LogP contribution in [0, 0.1) is 5.82 Å². The van der Waals surface area contributed by atoms with Crippen LogP contribution in [0.2, 0.25) is 0 Å². The number of carbonyl (C=O) groups is 1. The van der Waals surface area contributed by atoms with Crippen LogP contribution in [-0.2, 0) is 17.6 Å². The number of halogens is 1. The minimum atomic E-state index is -0.450. The number of nitrogens with zero attached hydrogens (tertiary/aromatic N) is 2. The number of anilines is 1. The highest BCUT2D eigenvalue weighted by Crippen LogP contribution is 2.26. The first-order valence-electron chi connectivity index (χ1n) is 10.7. The maximum Gasteiger partial charge on any atom is 0.263 e. The van der Waals surface area contributed by atoms with Gasteiger partial charge in [-0.3, -0.25) is 4.79 Å².